The van der Waals surface area contributed by atoms with Crippen LogP contribution in [0, 0.1) is 0 Å². The number of aliphatic hydroxyl groups is 1. The third-order valence-corrected chi connectivity index (χ3v) is 5.54. The number of hydrogen-bond acceptors (Lipinski definition) is 4. The summed E-state index contributed by atoms with van der Waals surface area (Å²) in [5.74, 6) is 0.909. The molecule has 32 heavy (non-hydrogen) atoms. The van der Waals surface area contributed by atoms with E-state index in [1.807, 2.05) is 60.8 Å². The molecule has 4 aromatic rings. The maximum Gasteiger partial charge on any atom is 0.255 e. The lowest BCUT2D eigenvalue weighted by molar-refractivity contribution is 0.0913. The minimum atomic E-state index is -0.438. The van der Waals surface area contributed by atoms with Crippen LogP contribution in [0.2, 0.25) is 0 Å². The Kier molecular flexibility index (Phi) is 6.42. The van der Waals surface area contributed by atoms with Gasteiger partial charge in [-0.3, -0.25) is 4.79 Å². The quantitative estimate of drug-likeness (QED) is 0.392. The standard InChI is InChI=1S/C26H26N2O4/c1-31-21-7-5-6-17(13-21)18-10-11-25(32-2)23(14-18)26(30)28-20(16-29)12-19-15-27-24-9-4-3-8-22(19)24/h3-11,13-15,20,27,29H,12,16H2,1-2H3,(H,28,30)/t20-/m1/s1. The molecule has 0 aliphatic carbocycles. The number of nitrogens with one attached hydrogen (secondary N) is 2. The van der Waals surface area contributed by atoms with Gasteiger partial charge in [-0.1, -0.05) is 36.4 Å². The van der Waals surface area contributed by atoms with Crippen LogP contribution in [0.1, 0.15) is 15.9 Å². The molecule has 0 aliphatic heterocycles. The average molecular weight is 431 g/mol. The second-order valence-electron chi connectivity index (χ2n) is 7.56. The van der Waals surface area contributed by atoms with E-state index in [0.717, 1.165) is 33.3 Å². The van der Waals surface area contributed by atoms with Gasteiger partial charge in [-0.25, -0.2) is 0 Å². The summed E-state index contributed by atoms with van der Waals surface area (Å²) < 4.78 is 10.7. The zero-order valence-corrected chi connectivity index (χ0v) is 18.1. The van der Waals surface area contributed by atoms with Crippen molar-refractivity contribution >= 4 is 16.8 Å². The predicted molar refractivity (Wildman–Crippen MR) is 125 cm³/mol. The molecule has 1 atom stereocenters. The summed E-state index contributed by atoms with van der Waals surface area (Å²) in [7, 11) is 3.15. The minimum Gasteiger partial charge on any atom is -0.497 e. The van der Waals surface area contributed by atoms with E-state index >= 15 is 0 Å². The third-order valence-electron chi connectivity index (χ3n) is 5.54. The van der Waals surface area contributed by atoms with Crippen molar-refractivity contribution in [3.05, 3.63) is 84.1 Å². The van der Waals surface area contributed by atoms with Crippen molar-refractivity contribution in [2.75, 3.05) is 20.8 Å². The molecule has 0 fully saturated rings. The summed E-state index contributed by atoms with van der Waals surface area (Å²) in [5.41, 5.74) is 4.27. The second-order valence-corrected chi connectivity index (χ2v) is 7.56. The summed E-state index contributed by atoms with van der Waals surface area (Å²) in [6.45, 7) is -0.177. The molecule has 0 saturated carbocycles. The van der Waals surface area contributed by atoms with E-state index < -0.39 is 6.04 Å². The highest BCUT2D eigenvalue weighted by Gasteiger charge is 2.19. The summed E-state index contributed by atoms with van der Waals surface area (Å²) in [4.78, 5) is 16.4. The first-order valence-corrected chi connectivity index (χ1v) is 10.4. The summed E-state index contributed by atoms with van der Waals surface area (Å²) in [5, 5.41) is 14.0. The molecule has 6 heteroatoms. The number of para-hydroxylation sites is 1. The van der Waals surface area contributed by atoms with Crippen LogP contribution in [-0.2, 0) is 6.42 Å². The van der Waals surface area contributed by atoms with E-state index in [0.29, 0.717) is 17.7 Å². The number of methoxy groups -OCH3 is 2. The number of H-pyrrole nitrogens is 1. The molecule has 0 aliphatic rings. The molecule has 0 radical (unpaired) electrons. The van der Waals surface area contributed by atoms with Crippen molar-refractivity contribution in [1.82, 2.24) is 10.3 Å². The van der Waals surface area contributed by atoms with E-state index in [1.165, 1.54) is 7.11 Å². The van der Waals surface area contributed by atoms with Crippen LogP contribution in [0.4, 0.5) is 0 Å². The fourth-order valence-corrected chi connectivity index (χ4v) is 3.86. The van der Waals surface area contributed by atoms with Gasteiger partial charge in [-0.05, 0) is 53.4 Å². The summed E-state index contributed by atoms with van der Waals surface area (Å²) in [6.07, 6.45) is 2.42. The van der Waals surface area contributed by atoms with Crippen LogP contribution in [0.3, 0.4) is 0 Å². The van der Waals surface area contributed by atoms with E-state index in [-0.39, 0.29) is 12.5 Å². The maximum atomic E-state index is 13.2. The minimum absolute atomic E-state index is 0.177. The van der Waals surface area contributed by atoms with Gasteiger partial charge in [0.25, 0.3) is 5.91 Å². The van der Waals surface area contributed by atoms with E-state index in [9.17, 15) is 9.90 Å². The largest absolute Gasteiger partial charge is 0.497 e. The summed E-state index contributed by atoms with van der Waals surface area (Å²) >= 11 is 0. The van der Waals surface area contributed by atoms with Gasteiger partial charge in [0.2, 0.25) is 0 Å². The number of rotatable bonds is 8. The molecule has 0 spiro atoms. The van der Waals surface area contributed by atoms with Crippen molar-refractivity contribution in [3.8, 4) is 22.6 Å². The Labute approximate surface area is 186 Å². The average Bonchev–Trinajstić information content (AvgIpc) is 3.25. The molecule has 1 aromatic heterocycles. The fourth-order valence-electron chi connectivity index (χ4n) is 3.86. The number of carbonyl (C=O) groups excluding carboxylic acids is 1. The highest BCUT2D eigenvalue weighted by molar-refractivity contribution is 5.98. The Bertz CT molecular complexity index is 1230. The number of benzene rings is 3. The number of aromatic amines is 1. The maximum absolute atomic E-state index is 13.2. The monoisotopic (exact) mass is 430 g/mol. The Morgan fingerprint density at radius 3 is 2.59 bits per heavy atom. The molecule has 0 saturated heterocycles. The lowest BCUT2D eigenvalue weighted by Crippen LogP contribution is -2.39. The molecule has 0 bridgehead atoms. The Balaban J connectivity index is 1.58. The van der Waals surface area contributed by atoms with Crippen molar-refractivity contribution < 1.29 is 19.4 Å². The van der Waals surface area contributed by atoms with E-state index in [2.05, 4.69) is 10.3 Å². The SMILES string of the molecule is COc1cccc(-c2ccc(OC)c(C(=O)N[C@@H](CO)Cc3c[nH]c4ccccc34)c2)c1. The lowest BCUT2D eigenvalue weighted by atomic mass is 10.0. The lowest BCUT2D eigenvalue weighted by Gasteiger charge is -2.18. The molecule has 164 valence electrons. The van der Waals surface area contributed by atoms with Gasteiger partial charge in [0.05, 0.1) is 32.4 Å². The molecule has 3 aromatic carbocycles. The second kappa shape index (κ2) is 9.58. The van der Waals surface area contributed by atoms with Crippen LogP contribution in [0.5, 0.6) is 11.5 Å². The van der Waals surface area contributed by atoms with Gasteiger partial charge < -0.3 is 24.9 Å². The van der Waals surface area contributed by atoms with Crippen LogP contribution in [0.15, 0.2) is 72.9 Å². The highest BCUT2D eigenvalue weighted by Crippen LogP contribution is 2.29. The van der Waals surface area contributed by atoms with Gasteiger partial charge in [-0.15, -0.1) is 0 Å². The molecule has 3 N–H and O–H groups in total. The zero-order chi connectivity index (χ0) is 22.5. The van der Waals surface area contributed by atoms with Gasteiger partial charge in [0, 0.05) is 17.1 Å². The van der Waals surface area contributed by atoms with E-state index in [1.54, 1.807) is 19.2 Å². The number of aliphatic hydroxyl groups excluding tert-OH is 1. The predicted octanol–water partition coefficient (Wildman–Crippen LogP) is 4.19. The number of ether oxygens (including phenoxy) is 2. The van der Waals surface area contributed by atoms with Crippen molar-refractivity contribution in [1.29, 1.82) is 0 Å². The number of carbonyl (C=O) groups is 1. The smallest absolute Gasteiger partial charge is 0.255 e. The Morgan fingerprint density at radius 1 is 1.00 bits per heavy atom. The third kappa shape index (κ3) is 4.45. The van der Waals surface area contributed by atoms with Gasteiger partial charge in [0.15, 0.2) is 0 Å². The van der Waals surface area contributed by atoms with Crippen molar-refractivity contribution in [3.63, 3.8) is 0 Å². The van der Waals surface area contributed by atoms with Crippen LogP contribution in [0.25, 0.3) is 22.0 Å². The van der Waals surface area contributed by atoms with Gasteiger partial charge in [-0.2, -0.15) is 0 Å². The molecule has 6 nitrogen and oxygen atoms in total. The number of hydrogen-bond donors (Lipinski definition) is 3. The first-order chi connectivity index (χ1) is 15.6. The topological polar surface area (TPSA) is 83.6 Å². The Morgan fingerprint density at radius 2 is 1.81 bits per heavy atom. The van der Waals surface area contributed by atoms with Gasteiger partial charge >= 0.3 is 0 Å². The molecular formula is C26H26N2O4. The molecule has 0 unspecified atom stereocenters. The summed E-state index contributed by atoms with van der Waals surface area (Å²) in [6, 6.07) is 20.6. The molecule has 1 amide bonds. The normalized spacial score (nSPS) is 11.8. The fraction of sp³-hybridized carbons (Fsp3) is 0.192. The van der Waals surface area contributed by atoms with Crippen molar-refractivity contribution in [2.24, 2.45) is 0 Å². The Hall–Kier alpha value is -3.77. The molecule has 1 heterocycles. The first-order valence-electron chi connectivity index (χ1n) is 10.4. The first kappa shape index (κ1) is 21.5. The zero-order valence-electron chi connectivity index (χ0n) is 18.1. The van der Waals surface area contributed by atoms with Crippen LogP contribution in [-0.4, -0.2) is 42.9 Å². The van der Waals surface area contributed by atoms with Crippen LogP contribution < -0.4 is 14.8 Å². The number of fused-ring (bicyclic) bond motifs is 1. The van der Waals surface area contributed by atoms with E-state index in [4.69, 9.17) is 9.47 Å². The molecular weight excluding hydrogens is 404 g/mol. The number of aromatic nitrogens is 1. The van der Waals surface area contributed by atoms with Crippen molar-refractivity contribution in [2.45, 2.75) is 12.5 Å². The molecule has 4 rings (SSSR count). The van der Waals surface area contributed by atoms with Gasteiger partial charge in [0.1, 0.15) is 11.5 Å². The highest BCUT2D eigenvalue weighted by atomic mass is 16.5. The van der Waals surface area contributed by atoms with Crippen LogP contribution >= 0.6 is 0 Å². The number of amides is 1.